The summed E-state index contributed by atoms with van der Waals surface area (Å²) in [5, 5.41) is 0. The number of benzene rings is 1. The molecule has 2 aliphatic heterocycles. The molecule has 0 atom stereocenters. The molecule has 0 saturated carbocycles. The van der Waals surface area contributed by atoms with E-state index in [-0.39, 0.29) is 11.8 Å². The van der Waals surface area contributed by atoms with Crippen LogP contribution < -0.4 is 4.90 Å². The van der Waals surface area contributed by atoms with E-state index in [4.69, 9.17) is 0 Å². The third-order valence-corrected chi connectivity index (χ3v) is 5.09. The largest absolute Gasteiger partial charge is 0.372 e. The van der Waals surface area contributed by atoms with Gasteiger partial charge in [-0.25, -0.2) is 0 Å². The first-order valence-corrected chi connectivity index (χ1v) is 9.46. The summed E-state index contributed by atoms with van der Waals surface area (Å²) in [7, 11) is 0. The zero-order chi connectivity index (χ0) is 17.8. The molecule has 2 heterocycles. The van der Waals surface area contributed by atoms with Crippen LogP contribution in [0.5, 0.6) is 0 Å². The molecule has 2 fully saturated rings. The SMILES string of the molecule is CC(C)CC(=O)N1CCN(C(=O)c2ccc(N3CCCC3)cc2)CC1. The van der Waals surface area contributed by atoms with E-state index in [1.807, 2.05) is 21.9 Å². The van der Waals surface area contributed by atoms with E-state index in [1.54, 1.807) is 0 Å². The molecule has 0 N–H and O–H groups in total. The molecule has 0 radical (unpaired) electrons. The van der Waals surface area contributed by atoms with E-state index in [1.165, 1.54) is 18.5 Å². The maximum absolute atomic E-state index is 12.7. The summed E-state index contributed by atoms with van der Waals surface area (Å²) in [6.07, 6.45) is 3.09. The summed E-state index contributed by atoms with van der Waals surface area (Å²) in [5.41, 5.74) is 1.95. The summed E-state index contributed by atoms with van der Waals surface area (Å²) >= 11 is 0. The number of hydrogen-bond acceptors (Lipinski definition) is 3. The van der Waals surface area contributed by atoms with Gasteiger partial charge < -0.3 is 14.7 Å². The number of carbonyl (C=O) groups excluding carboxylic acids is 2. The number of rotatable bonds is 4. The van der Waals surface area contributed by atoms with Crippen LogP contribution in [0.25, 0.3) is 0 Å². The first kappa shape index (κ1) is 17.8. The maximum Gasteiger partial charge on any atom is 0.253 e. The van der Waals surface area contributed by atoms with Gasteiger partial charge in [0.2, 0.25) is 5.91 Å². The van der Waals surface area contributed by atoms with Crippen molar-refractivity contribution in [2.75, 3.05) is 44.2 Å². The molecule has 1 aromatic rings. The highest BCUT2D eigenvalue weighted by Crippen LogP contribution is 2.21. The Morgan fingerprint density at radius 3 is 2.00 bits per heavy atom. The molecule has 1 aromatic carbocycles. The van der Waals surface area contributed by atoms with Gasteiger partial charge in [0.1, 0.15) is 0 Å². The molecule has 2 amide bonds. The van der Waals surface area contributed by atoms with E-state index in [9.17, 15) is 9.59 Å². The van der Waals surface area contributed by atoms with Gasteiger partial charge in [-0.3, -0.25) is 9.59 Å². The summed E-state index contributed by atoms with van der Waals surface area (Å²) < 4.78 is 0. The fraction of sp³-hybridized carbons (Fsp3) is 0.600. The molecule has 5 heteroatoms. The smallest absolute Gasteiger partial charge is 0.253 e. The van der Waals surface area contributed by atoms with Gasteiger partial charge in [0, 0.05) is 56.9 Å². The van der Waals surface area contributed by atoms with Crippen molar-refractivity contribution in [2.24, 2.45) is 5.92 Å². The predicted molar refractivity (Wildman–Crippen MR) is 99.8 cm³/mol. The molecule has 2 aliphatic rings. The number of nitrogens with zero attached hydrogens (tertiary/aromatic N) is 3. The number of anilines is 1. The van der Waals surface area contributed by atoms with Crippen LogP contribution in [0.2, 0.25) is 0 Å². The Labute approximate surface area is 150 Å². The Kier molecular flexibility index (Phi) is 5.61. The first-order chi connectivity index (χ1) is 12.0. The molecule has 3 rings (SSSR count). The molecular formula is C20H29N3O2. The maximum atomic E-state index is 12.7. The summed E-state index contributed by atoms with van der Waals surface area (Å²) in [5.74, 6) is 0.655. The van der Waals surface area contributed by atoms with Gasteiger partial charge in [-0.1, -0.05) is 13.8 Å². The van der Waals surface area contributed by atoms with Crippen LogP contribution in [0.1, 0.15) is 43.5 Å². The van der Waals surface area contributed by atoms with Gasteiger partial charge in [0.15, 0.2) is 0 Å². The second kappa shape index (κ2) is 7.89. The minimum atomic E-state index is 0.0731. The zero-order valence-corrected chi connectivity index (χ0v) is 15.4. The highest BCUT2D eigenvalue weighted by atomic mass is 16.2. The molecule has 2 saturated heterocycles. The minimum Gasteiger partial charge on any atom is -0.372 e. The predicted octanol–water partition coefficient (Wildman–Crippen LogP) is 2.62. The van der Waals surface area contributed by atoms with E-state index >= 15 is 0 Å². The first-order valence-electron chi connectivity index (χ1n) is 9.46. The van der Waals surface area contributed by atoms with Crippen LogP contribution in [0.3, 0.4) is 0 Å². The van der Waals surface area contributed by atoms with Crippen LogP contribution in [0.4, 0.5) is 5.69 Å². The Bertz CT molecular complexity index is 598. The van der Waals surface area contributed by atoms with Crippen LogP contribution in [-0.4, -0.2) is 60.9 Å². The fourth-order valence-electron chi connectivity index (χ4n) is 3.61. The van der Waals surface area contributed by atoms with Gasteiger partial charge in [0.25, 0.3) is 5.91 Å². The van der Waals surface area contributed by atoms with Crippen molar-refractivity contribution in [1.82, 2.24) is 9.80 Å². The van der Waals surface area contributed by atoms with E-state index < -0.39 is 0 Å². The third kappa shape index (κ3) is 4.33. The summed E-state index contributed by atoms with van der Waals surface area (Å²) in [6.45, 7) is 8.87. The van der Waals surface area contributed by atoms with Crippen molar-refractivity contribution < 1.29 is 9.59 Å². The normalized spacial score (nSPS) is 18.1. The second-order valence-corrected chi connectivity index (χ2v) is 7.51. The molecule has 0 aliphatic carbocycles. The number of carbonyl (C=O) groups is 2. The van der Waals surface area contributed by atoms with Gasteiger partial charge in [0.05, 0.1) is 0 Å². The van der Waals surface area contributed by atoms with Crippen LogP contribution in [0, 0.1) is 5.92 Å². The molecular weight excluding hydrogens is 314 g/mol. The highest BCUT2D eigenvalue weighted by Gasteiger charge is 2.25. The van der Waals surface area contributed by atoms with Crippen LogP contribution in [-0.2, 0) is 4.79 Å². The van der Waals surface area contributed by atoms with Crippen molar-refractivity contribution in [3.63, 3.8) is 0 Å². The molecule has 136 valence electrons. The van der Waals surface area contributed by atoms with Gasteiger partial charge in [-0.2, -0.15) is 0 Å². The third-order valence-electron chi connectivity index (χ3n) is 5.09. The summed E-state index contributed by atoms with van der Waals surface area (Å²) in [4.78, 5) is 31.0. The van der Waals surface area contributed by atoms with Crippen molar-refractivity contribution >= 4 is 17.5 Å². The number of piperazine rings is 1. The van der Waals surface area contributed by atoms with Crippen molar-refractivity contribution in [3.05, 3.63) is 29.8 Å². The lowest BCUT2D eigenvalue weighted by molar-refractivity contribution is -0.133. The monoisotopic (exact) mass is 343 g/mol. The average molecular weight is 343 g/mol. The Morgan fingerprint density at radius 1 is 0.880 bits per heavy atom. The molecule has 0 spiro atoms. The van der Waals surface area contributed by atoms with E-state index in [0.717, 1.165) is 18.7 Å². The van der Waals surface area contributed by atoms with Gasteiger partial charge >= 0.3 is 0 Å². The van der Waals surface area contributed by atoms with Gasteiger partial charge in [-0.05, 0) is 43.0 Å². The Balaban J connectivity index is 1.54. The second-order valence-electron chi connectivity index (χ2n) is 7.51. The Morgan fingerprint density at radius 2 is 1.44 bits per heavy atom. The zero-order valence-electron chi connectivity index (χ0n) is 15.4. The van der Waals surface area contributed by atoms with Crippen molar-refractivity contribution in [2.45, 2.75) is 33.1 Å². The fourth-order valence-corrected chi connectivity index (χ4v) is 3.61. The van der Waals surface area contributed by atoms with Gasteiger partial charge in [-0.15, -0.1) is 0 Å². The van der Waals surface area contributed by atoms with Crippen LogP contribution in [0.15, 0.2) is 24.3 Å². The van der Waals surface area contributed by atoms with Crippen molar-refractivity contribution in [1.29, 1.82) is 0 Å². The number of hydrogen-bond donors (Lipinski definition) is 0. The van der Waals surface area contributed by atoms with E-state index in [2.05, 4.69) is 30.9 Å². The average Bonchev–Trinajstić information content (AvgIpc) is 3.15. The summed E-state index contributed by atoms with van der Waals surface area (Å²) in [6, 6.07) is 7.99. The molecule has 25 heavy (non-hydrogen) atoms. The lowest BCUT2D eigenvalue weighted by Crippen LogP contribution is -2.50. The molecule has 5 nitrogen and oxygen atoms in total. The number of amides is 2. The quantitative estimate of drug-likeness (QED) is 0.844. The molecule has 0 unspecified atom stereocenters. The lowest BCUT2D eigenvalue weighted by Gasteiger charge is -2.35. The molecule has 0 aromatic heterocycles. The topological polar surface area (TPSA) is 43.9 Å². The Hall–Kier alpha value is -2.04. The van der Waals surface area contributed by atoms with Crippen LogP contribution >= 0.6 is 0 Å². The minimum absolute atomic E-state index is 0.0731. The molecule has 0 bridgehead atoms. The highest BCUT2D eigenvalue weighted by molar-refractivity contribution is 5.94. The standard InChI is InChI=1S/C20H29N3O2/c1-16(2)15-19(24)22-11-13-23(14-12-22)20(25)17-5-7-18(8-6-17)21-9-3-4-10-21/h5-8,16H,3-4,9-15H2,1-2H3. The van der Waals surface area contributed by atoms with E-state index in [0.29, 0.717) is 38.5 Å². The lowest BCUT2D eigenvalue weighted by atomic mass is 10.1. The van der Waals surface area contributed by atoms with Crippen molar-refractivity contribution in [3.8, 4) is 0 Å².